The maximum absolute atomic E-state index is 5.41. The molecule has 2 unspecified atom stereocenters. The fourth-order valence-corrected chi connectivity index (χ4v) is 2.33. The van der Waals surface area contributed by atoms with Crippen LogP contribution >= 0.6 is 0 Å². The molecule has 3 nitrogen and oxygen atoms in total. The van der Waals surface area contributed by atoms with E-state index in [1.54, 1.807) is 0 Å². The predicted octanol–water partition coefficient (Wildman–Crippen LogP) is 1.73. The first kappa shape index (κ1) is 13.9. The molecule has 96 valence electrons. The molecule has 2 atom stereocenters. The van der Waals surface area contributed by atoms with E-state index >= 15 is 0 Å². The van der Waals surface area contributed by atoms with Gasteiger partial charge in [0.05, 0.1) is 6.61 Å². The van der Waals surface area contributed by atoms with Gasteiger partial charge in [0.2, 0.25) is 0 Å². The van der Waals surface area contributed by atoms with E-state index in [9.17, 15) is 0 Å². The van der Waals surface area contributed by atoms with Gasteiger partial charge in [-0.15, -0.1) is 0 Å². The molecule has 0 bridgehead atoms. The Morgan fingerprint density at radius 3 is 2.62 bits per heavy atom. The summed E-state index contributed by atoms with van der Waals surface area (Å²) in [6.07, 6.45) is 1.22. The molecule has 16 heavy (non-hydrogen) atoms. The largest absolute Gasteiger partial charge is 0.381 e. The molecule has 1 fully saturated rings. The number of ether oxygens (including phenoxy) is 1. The number of nitrogens with one attached hydrogen (secondary N) is 1. The number of nitrogens with zero attached hydrogens (tertiary/aromatic N) is 1. The van der Waals surface area contributed by atoms with Gasteiger partial charge in [0.25, 0.3) is 0 Å². The van der Waals surface area contributed by atoms with Crippen molar-refractivity contribution in [3.05, 3.63) is 0 Å². The smallest absolute Gasteiger partial charge is 0.0509 e. The third kappa shape index (κ3) is 4.40. The fraction of sp³-hybridized carbons (Fsp3) is 1.00. The number of likely N-dealkylation sites (N-methyl/N-ethyl adjacent to an activating group) is 1. The van der Waals surface area contributed by atoms with Crippen molar-refractivity contribution in [1.82, 2.24) is 10.2 Å². The lowest BCUT2D eigenvalue weighted by Crippen LogP contribution is -2.41. The molecule has 0 aromatic carbocycles. The second kappa shape index (κ2) is 7.25. The third-order valence-corrected chi connectivity index (χ3v) is 3.67. The highest BCUT2D eigenvalue weighted by atomic mass is 16.5. The number of rotatable bonds is 7. The molecule has 0 aromatic rings. The van der Waals surface area contributed by atoms with E-state index in [1.165, 1.54) is 6.42 Å². The van der Waals surface area contributed by atoms with Crippen LogP contribution < -0.4 is 5.32 Å². The van der Waals surface area contributed by atoms with Crippen LogP contribution in [-0.2, 0) is 4.74 Å². The quantitative estimate of drug-likeness (QED) is 0.718. The summed E-state index contributed by atoms with van der Waals surface area (Å²) in [5.41, 5.74) is 0. The molecule has 0 amide bonds. The van der Waals surface area contributed by atoms with Crippen molar-refractivity contribution in [1.29, 1.82) is 0 Å². The fourth-order valence-electron chi connectivity index (χ4n) is 2.33. The molecule has 0 spiro atoms. The van der Waals surface area contributed by atoms with Crippen molar-refractivity contribution in [2.45, 2.75) is 46.2 Å². The van der Waals surface area contributed by atoms with Gasteiger partial charge in [-0.1, -0.05) is 6.92 Å². The Hall–Kier alpha value is -0.120. The third-order valence-electron chi connectivity index (χ3n) is 3.67. The SMILES string of the molecule is CCN(CCNC(C)C1CCOC1)C(C)C. The minimum absolute atomic E-state index is 0.591. The maximum atomic E-state index is 5.41. The van der Waals surface area contributed by atoms with Crippen molar-refractivity contribution in [3.8, 4) is 0 Å². The molecule has 1 rings (SSSR count). The van der Waals surface area contributed by atoms with Crippen LogP contribution in [0.5, 0.6) is 0 Å². The molecule has 3 heteroatoms. The summed E-state index contributed by atoms with van der Waals surface area (Å²) in [4.78, 5) is 2.49. The van der Waals surface area contributed by atoms with Gasteiger partial charge < -0.3 is 10.1 Å². The Morgan fingerprint density at radius 2 is 2.12 bits per heavy atom. The molecular formula is C13H28N2O. The van der Waals surface area contributed by atoms with Gasteiger partial charge in [-0.3, -0.25) is 4.90 Å². The second-order valence-electron chi connectivity index (χ2n) is 5.09. The molecular weight excluding hydrogens is 200 g/mol. The van der Waals surface area contributed by atoms with Crippen LogP contribution in [0.15, 0.2) is 0 Å². The average Bonchev–Trinajstić information content (AvgIpc) is 2.76. The summed E-state index contributed by atoms with van der Waals surface area (Å²) in [5, 5.41) is 3.62. The maximum Gasteiger partial charge on any atom is 0.0509 e. The highest BCUT2D eigenvalue weighted by Crippen LogP contribution is 2.16. The van der Waals surface area contributed by atoms with Crippen molar-refractivity contribution in [3.63, 3.8) is 0 Å². The molecule has 0 aromatic heterocycles. The topological polar surface area (TPSA) is 24.5 Å². The van der Waals surface area contributed by atoms with Crippen LogP contribution in [0.25, 0.3) is 0 Å². The molecule has 1 heterocycles. The lowest BCUT2D eigenvalue weighted by atomic mass is 10.0. The van der Waals surface area contributed by atoms with Crippen molar-refractivity contribution < 1.29 is 4.74 Å². The Morgan fingerprint density at radius 1 is 1.38 bits per heavy atom. The first-order chi connectivity index (χ1) is 7.65. The van der Waals surface area contributed by atoms with Gasteiger partial charge in [0.1, 0.15) is 0 Å². The lowest BCUT2D eigenvalue weighted by molar-refractivity contribution is 0.176. The summed E-state index contributed by atoms with van der Waals surface area (Å²) < 4.78 is 5.41. The number of hydrogen-bond acceptors (Lipinski definition) is 3. The summed E-state index contributed by atoms with van der Waals surface area (Å²) >= 11 is 0. The molecule has 0 radical (unpaired) electrons. The van der Waals surface area contributed by atoms with E-state index in [0.717, 1.165) is 32.8 Å². The van der Waals surface area contributed by atoms with Gasteiger partial charge in [-0.2, -0.15) is 0 Å². The van der Waals surface area contributed by atoms with Crippen LogP contribution in [0.1, 0.15) is 34.1 Å². The molecule has 0 saturated carbocycles. The average molecular weight is 228 g/mol. The van der Waals surface area contributed by atoms with Crippen LogP contribution in [0.2, 0.25) is 0 Å². The minimum atomic E-state index is 0.591. The van der Waals surface area contributed by atoms with Crippen LogP contribution in [0.4, 0.5) is 0 Å². The standard InChI is InChI=1S/C13H28N2O/c1-5-15(11(2)3)8-7-14-12(4)13-6-9-16-10-13/h11-14H,5-10H2,1-4H3. The highest BCUT2D eigenvalue weighted by molar-refractivity contribution is 4.76. The Kier molecular flexibility index (Phi) is 6.32. The van der Waals surface area contributed by atoms with E-state index in [1.807, 2.05) is 0 Å². The Labute approximate surface area is 101 Å². The molecule has 1 N–H and O–H groups in total. The number of hydrogen-bond donors (Lipinski definition) is 1. The van der Waals surface area contributed by atoms with Gasteiger partial charge in [-0.25, -0.2) is 0 Å². The van der Waals surface area contributed by atoms with E-state index in [2.05, 4.69) is 37.9 Å². The summed E-state index contributed by atoms with van der Waals surface area (Å²) in [5.74, 6) is 0.717. The molecule has 1 aliphatic heterocycles. The minimum Gasteiger partial charge on any atom is -0.381 e. The summed E-state index contributed by atoms with van der Waals surface area (Å²) in [6.45, 7) is 14.3. The zero-order chi connectivity index (χ0) is 12.0. The van der Waals surface area contributed by atoms with E-state index in [0.29, 0.717) is 18.0 Å². The van der Waals surface area contributed by atoms with Crippen molar-refractivity contribution in [2.75, 3.05) is 32.8 Å². The Bertz CT molecular complexity index is 179. The lowest BCUT2D eigenvalue weighted by Gasteiger charge is -2.26. The Balaban J connectivity index is 2.13. The van der Waals surface area contributed by atoms with Gasteiger partial charge in [-0.05, 0) is 39.7 Å². The predicted molar refractivity (Wildman–Crippen MR) is 68.8 cm³/mol. The monoisotopic (exact) mass is 228 g/mol. The summed E-state index contributed by atoms with van der Waals surface area (Å²) in [7, 11) is 0. The first-order valence-corrected chi connectivity index (χ1v) is 6.70. The normalized spacial score (nSPS) is 23.2. The van der Waals surface area contributed by atoms with E-state index in [4.69, 9.17) is 4.74 Å². The van der Waals surface area contributed by atoms with Gasteiger partial charge >= 0.3 is 0 Å². The summed E-state index contributed by atoms with van der Waals surface area (Å²) in [6, 6.07) is 1.24. The van der Waals surface area contributed by atoms with Crippen molar-refractivity contribution in [2.24, 2.45) is 5.92 Å². The van der Waals surface area contributed by atoms with Crippen molar-refractivity contribution >= 4 is 0 Å². The molecule has 1 aliphatic rings. The van der Waals surface area contributed by atoms with E-state index in [-0.39, 0.29) is 0 Å². The van der Waals surface area contributed by atoms with Gasteiger partial charge in [0, 0.05) is 31.8 Å². The zero-order valence-electron chi connectivity index (χ0n) is 11.3. The van der Waals surface area contributed by atoms with Crippen LogP contribution in [0, 0.1) is 5.92 Å². The van der Waals surface area contributed by atoms with Crippen LogP contribution in [0.3, 0.4) is 0 Å². The molecule has 1 saturated heterocycles. The van der Waals surface area contributed by atoms with E-state index < -0.39 is 0 Å². The van der Waals surface area contributed by atoms with Gasteiger partial charge in [0.15, 0.2) is 0 Å². The second-order valence-corrected chi connectivity index (χ2v) is 5.09. The van der Waals surface area contributed by atoms with Crippen LogP contribution in [-0.4, -0.2) is 49.8 Å². The zero-order valence-corrected chi connectivity index (χ0v) is 11.3. The molecule has 0 aliphatic carbocycles. The highest BCUT2D eigenvalue weighted by Gasteiger charge is 2.21. The first-order valence-electron chi connectivity index (χ1n) is 6.70.